The fourth-order valence-corrected chi connectivity index (χ4v) is 1.87. The quantitative estimate of drug-likeness (QED) is 0.801. The van der Waals surface area contributed by atoms with Crippen molar-refractivity contribution >= 4 is 11.9 Å². The van der Waals surface area contributed by atoms with Crippen LogP contribution in [0.5, 0.6) is 0 Å². The van der Waals surface area contributed by atoms with Gasteiger partial charge in [0.1, 0.15) is 0 Å². The van der Waals surface area contributed by atoms with E-state index in [1.54, 1.807) is 0 Å². The Labute approximate surface area is 139 Å². The molecule has 0 aliphatic carbocycles. The van der Waals surface area contributed by atoms with Crippen molar-refractivity contribution in [3.63, 3.8) is 0 Å². The lowest BCUT2D eigenvalue weighted by molar-refractivity contribution is -0.148. The van der Waals surface area contributed by atoms with Gasteiger partial charge >= 0.3 is 12.1 Å². The second-order valence-corrected chi connectivity index (χ2v) is 4.87. The molecule has 1 heterocycles. The summed E-state index contributed by atoms with van der Waals surface area (Å²) >= 11 is 0. The van der Waals surface area contributed by atoms with E-state index in [4.69, 9.17) is 5.11 Å². The van der Waals surface area contributed by atoms with E-state index in [0.717, 1.165) is 23.0 Å². The van der Waals surface area contributed by atoms with Gasteiger partial charge in [-0.3, -0.25) is 4.79 Å². The first-order valence-corrected chi connectivity index (χ1v) is 6.86. The second-order valence-electron chi connectivity index (χ2n) is 4.87. The Morgan fingerprint density at radius 1 is 1.40 bits per heavy atom. The van der Waals surface area contributed by atoms with E-state index in [1.165, 1.54) is 19.2 Å². The number of benzene rings is 1. The number of amides is 1. The minimum Gasteiger partial charge on any atom is -0.479 e. The number of carbonyl (C=O) groups excluding carboxylic acids is 1. The molecule has 134 valence electrons. The number of halogens is 3. The maximum Gasteiger partial charge on any atom is 0.416 e. The first kappa shape index (κ1) is 18.4. The monoisotopic (exact) mass is 358 g/mol. The predicted octanol–water partition coefficient (Wildman–Crippen LogP) is 1.12. The predicted molar refractivity (Wildman–Crippen MR) is 77.1 cm³/mol. The summed E-state index contributed by atoms with van der Waals surface area (Å²) in [5.74, 6) is -1.99. The number of hydrogen-bond acceptors (Lipinski definition) is 5. The number of nitrogens with zero attached hydrogens (tertiary/aromatic N) is 3. The first-order chi connectivity index (χ1) is 11.7. The SMILES string of the molecule is COC(CNC(=O)c1cn(-c2cccc(C(F)(F)F)c2)nn1)C(=O)O. The Hall–Kier alpha value is -2.95. The van der Waals surface area contributed by atoms with Gasteiger partial charge < -0.3 is 15.2 Å². The van der Waals surface area contributed by atoms with Gasteiger partial charge in [0, 0.05) is 7.11 Å². The van der Waals surface area contributed by atoms with E-state index >= 15 is 0 Å². The van der Waals surface area contributed by atoms with Gasteiger partial charge in [-0.2, -0.15) is 13.2 Å². The topological polar surface area (TPSA) is 106 Å². The molecule has 25 heavy (non-hydrogen) atoms. The van der Waals surface area contributed by atoms with Gasteiger partial charge in [0.05, 0.1) is 24.0 Å². The van der Waals surface area contributed by atoms with Crippen molar-refractivity contribution in [2.24, 2.45) is 0 Å². The molecule has 8 nitrogen and oxygen atoms in total. The molecule has 2 aromatic rings. The average Bonchev–Trinajstić information content (AvgIpc) is 3.04. The number of ether oxygens (including phenoxy) is 1. The van der Waals surface area contributed by atoms with Gasteiger partial charge in [-0.25, -0.2) is 9.48 Å². The molecule has 1 aromatic heterocycles. The molecule has 11 heteroatoms. The van der Waals surface area contributed by atoms with Gasteiger partial charge in [0.25, 0.3) is 5.91 Å². The number of carboxylic acids is 1. The molecule has 1 amide bonds. The molecule has 0 aliphatic heterocycles. The van der Waals surface area contributed by atoms with Crippen LogP contribution in [0.25, 0.3) is 5.69 Å². The summed E-state index contributed by atoms with van der Waals surface area (Å²) in [6.45, 7) is -0.304. The number of rotatable bonds is 6. The van der Waals surface area contributed by atoms with Crippen LogP contribution in [0.1, 0.15) is 16.1 Å². The molecular weight excluding hydrogens is 345 g/mol. The Morgan fingerprint density at radius 3 is 2.72 bits per heavy atom. The highest BCUT2D eigenvalue weighted by Crippen LogP contribution is 2.30. The smallest absolute Gasteiger partial charge is 0.416 e. The normalized spacial score (nSPS) is 12.6. The summed E-state index contributed by atoms with van der Waals surface area (Å²) in [5.41, 5.74) is -0.977. The highest BCUT2D eigenvalue weighted by Gasteiger charge is 2.30. The molecule has 0 saturated heterocycles. The summed E-state index contributed by atoms with van der Waals surface area (Å²) in [5, 5.41) is 18.3. The molecule has 2 N–H and O–H groups in total. The lowest BCUT2D eigenvalue weighted by Gasteiger charge is -2.10. The Bertz CT molecular complexity index is 775. The van der Waals surface area contributed by atoms with Crippen molar-refractivity contribution < 1.29 is 32.6 Å². The zero-order valence-corrected chi connectivity index (χ0v) is 12.8. The van der Waals surface area contributed by atoms with E-state index in [2.05, 4.69) is 20.4 Å². The van der Waals surface area contributed by atoms with Crippen LogP contribution in [0.15, 0.2) is 30.5 Å². The minimum absolute atomic E-state index is 0.0710. The third-order valence-corrected chi connectivity index (χ3v) is 3.17. The van der Waals surface area contributed by atoms with Crippen molar-refractivity contribution in [2.45, 2.75) is 12.3 Å². The van der Waals surface area contributed by atoms with Gasteiger partial charge in [-0.15, -0.1) is 5.10 Å². The fourth-order valence-electron chi connectivity index (χ4n) is 1.87. The highest BCUT2D eigenvalue weighted by atomic mass is 19.4. The van der Waals surface area contributed by atoms with Crippen molar-refractivity contribution in [2.75, 3.05) is 13.7 Å². The van der Waals surface area contributed by atoms with Crippen LogP contribution in [0.3, 0.4) is 0 Å². The van der Waals surface area contributed by atoms with Crippen LogP contribution in [0.2, 0.25) is 0 Å². The average molecular weight is 358 g/mol. The Morgan fingerprint density at radius 2 is 2.12 bits per heavy atom. The molecule has 1 aromatic carbocycles. The van der Waals surface area contributed by atoms with Gasteiger partial charge in [0.15, 0.2) is 11.8 Å². The van der Waals surface area contributed by atoms with E-state index in [9.17, 15) is 22.8 Å². The van der Waals surface area contributed by atoms with Gasteiger partial charge in [0.2, 0.25) is 0 Å². The summed E-state index contributed by atoms with van der Waals surface area (Å²) in [4.78, 5) is 22.7. The maximum absolute atomic E-state index is 12.7. The van der Waals surface area contributed by atoms with Crippen molar-refractivity contribution in [3.05, 3.63) is 41.7 Å². The molecule has 0 radical (unpaired) electrons. The standard InChI is InChI=1S/C14H13F3N4O4/c1-25-11(13(23)24)6-18-12(22)10-7-21(20-19-10)9-4-2-3-8(5-9)14(15,16)17/h2-5,7,11H,6H2,1H3,(H,18,22)(H,23,24). The second kappa shape index (κ2) is 7.30. The lowest BCUT2D eigenvalue weighted by atomic mass is 10.2. The minimum atomic E-state index is -4.51. The molecule has 1 atom stereocenters. The highest BCUT2D eigenvalue weighted by molar-refractivity contribution is 5.92. The molecule has 0 saturated carbocycles. The number of aliphatic carboxylic acids is 1. The lowest BCUT2D eigenvalue weighted by Crippen LogP contribution is -2.37. The Balaban J connectivity index is 2.12. The molecule has 2 rings (SSSR count). The largest absolute Gasteiger partial charge is 0.479 e. The number of carboxylic acid groups (broad SMARTS) is 1. The zero-order valence-electron chi connectivity index (χ0n) is 12.8. The number of nitrogens with one attached hydrogen (secondary N) is 1. The summed E-state index contributed by atoms with van der Waals surface area (Å²) in [7, 11) is 1.18. The molecule has 0 bridgehead atoms. The van der Waals surface area contributed by atoms with Gasteiger partial charge in [-0.05, 0) is 18.2 Å². The van der Waals surface area contributed by atoms with E-state index in [0.29, 0.717) is 0 Å². The number of aromatic nitrogens is 3. The summed E-state index contributed by atoms with van der Waals surface area (Å²) in [6, 6.07) is 4.35. The van der Waals surface area contributed by atoms with Crippen LogP contribution in [0, 0.1) is 0 Å². The van der Waals surface area contributed by atoms with E-state index in [-0.39, 0.29) is 17.9 Å². The Kier molecular flexibility index (Phi) is 5.37. The van der Waals surface area contributed by atoms with E-state index in [1.807, 2.05) is 0 Å². The molecule has 1 unspecified atom stereocenters. The van der Waals surface area contributed by atoms with Crippen molar-refractivity contribution in [1.29, 1.82) is 0 Å². The van der Waals surface area contributed by atoms with Crippen LogP contribution in [-0.4, -0.2) is 51.7 Å². The number of alkyl halides is 3. The first-order valence-electron chi connectivity index (χ1n) is 6.86. The van der Waals surface area contributed by atoms with Crippen LogP contribution in [-0.2, 0) is 15.7 Å². The summed E-state index contributed by atoms with van der Waals surface area (Å²) < 4.78 is 43.8. The molecule has 0 fully saturated rings. The van der Waals surface area contributed by atoms with Crippen LogP contribution < -0.4 is 5.32 Å². The zero-order chi connectivity index (χ0) is 18.6. The fraction of sp³-hybridized carbons (Fsp3) is 0.286. The summed E-state index contributed by atoms with van der Waals surface area (Å²) in [6.07, 6.45) is -4.61. The molecule has 0 spiro atoms. The maximum atomic E-state index is 12.7. The molecular formula is C14H13F3N4O4. The number of hydrogen-bond donors (Lipinski definition) is 2. The van der Waals surface area contributed by atoms with Crippen LogP contribution in [0.4, 0.5) is 13.2 Å². The van der Waals surface area contributed by atoms with Crippen molar-refractivity contribution in [3.8, 4) is 5.69 Å². The van der Waals surface area contributed by atoms with Crippen LogP contribution >= 0.6 is 0 Å². The number of carbonyl (C=O) groups is 2. The van der Waals surface area contributed by atoms with Gasteiger partial charge in [-0.1, -0.05) is 11.3 Å². The van der Waals surface area contributed by atoms with E-state index < -0.39 is 29.7 Å². The van der Waals surface area contributed by atoms with Crippen molar-refractivity contribution in [1.82, 2.24) is 20.3 Å². The third kappa shape index (κ3) is 4.53. The number of methoxy groups -OCH3 is 1. The third-order valence-electron chi connectivity index (χ3n) is 3.17. The molecule has 0 aliphatic rings.